The fraction of sp³-hybridized carbons (Fsp3) is 0.269. The maximum atomic E-state index is 13.4. The van der Waals surface area contributed by atoms with E-state index in [4.69, 9.17) is 4.74 Å². The summed E-state index contributed by atoms with van der Waals surface area (Å²) in [5.74, 6) is 0.544. The van der Waals surface area contributed by atoms with Crippen molar-refractivity contribution in [2.45, 2.75) is 31.9 Å². The molecule has 1 N–H and O–H groups in total. The monoisotopic (exact) mass is 473 g/mol. The van der Waals surface area contributed by atoms with Gasteiger partial charge in [0.05, 0.1) is 11.0 Å². The number of imidazole rings is 1. The van der Waals surface area contributed by atoms with Crippen molar-refractivity contribution >= 4 is 22.7 Å². The first kappa shape index (κ1) is 22.6. The van der Waals surface area contributed by atoms with Gasteiger partial charge in [0.15, 0.2) is 12.0 Å². The van der Waals surface area contributed by atoms with E-state index in [1.54, 1.807) is 41.6 Å². The first-order chi connectivity index (χ1) is 17.0. The van der Waals surface area contributed by atoms with Gasteiger partial charge in [-0.05, 0) is 56.2 Å². The Morgan fingerprint density at radius 3 is 2.49 bits per heavy atom. The number of fused-ring (bicyclic) bond motifs is 1. The Kier molecular flexibility index (Phi) is 6.22. The maximum Gasteiger partial charge on any atom is 0.256 e. The first-order valence-electron chi connectivity index (χ1n) is 11.5. The van der Waals surface area contributed by atoms with Crippen LogP contribution < -0.4 is 4.74 Å². The smallest absolute Gasteiger partial charge is 0.256 e. The van der Waals surface area contributed by atoms with Crippen molar-refractivity contribution in [1.82, 2.24) is 24.8 Å². The molecular formula is C26H24FN5O3. The highest BCUT2D eigenvalue weighted by Crippen LogP contribution is 2.33. The average molecular weight is 474 g/mol. The molecule has 1 atom stereocenters. The van der Waals surface area contributed by atoms with Crippen molar-refractivity contribution in [3.8, 4) is 11.6 Å². The molecule has 4 aromatic rings. The molecule has 178 valence electrons. The molecule has 1 aliphatic heterocycles. The van der Waals surface area contributed by atoms with E-state index in [0.29, 0.717) is 48.8 Å². The minimum Gasteiger partial charge on any atom is -0.437 e. The van der Waals surface area contributed by atoms with E-state index in [1.165, 1.54) is 6.92 Å². The predicted molar refractivity (Wildman–Crippen MR) is 127 cm³/mol. The summed E-state index contributed by atoms with van der Waals surface area (Å²) < 4.78 is 19.4. The number of benzene rings is 2. The molecule has 0 radical (unpaired) electrons. The summed E-state index contributed by atoms with van der Waals surface area (Å²) in [7, 11) is 0. The van der Waals surface area contributed by atoms with Gasteiger partial charge >= 0.3 is 0 Å². The minimum absolute atomic E-state index is 0.0478. The number of likely N-dealkylation sites (tertiary alicyclic amines) is 1. The van der Waals surface area contributed by atoms with E-state index < -0.39 is 12.1 Å². The highest BCUT2D eigenvalue weighted by atomic mass is 19.1. The molecule has 0 unspecified atom stereocenters. The summed E-state index contributed by atoms with van der Waals surface area (Å²) in [6.45, 7) is 2.19. The largest absolute Gasteiger partial charge is 0.437 e. The number of halogens is 1. The zero-order valence-electron chi connectivity index (χ0n) is 19.1. The van der Waals surface area contributed by atoms with Crippen molar-refractivity contribution in [2.24, 2.45) is 0 Å². The predicted octanol–water partition coefficient (Wildman–Crippen LogP) is 4.44. The molecule has 8 nitrogen and oxygen atoms in total. The number of piperidine rings is 1. The molecule has 3 heterocycles. The van der Waals surface area contributed by atoms with Crippen molar-refractivity contribution in [3.05, 3.63) is 78.0 Å². The van der Waals surface area contributed by atoms with Crippen molar-refractivity contribution in [2.75, 3.05) is 13.1 Å². The highest BCUT2D eigenvalue weighted by molar-refractivity contribution is 6.08. The SMILES string of the molecule is C[C@@H](F)C(=O)N1CCC(c2nccnc2Oc2ccc(C(=O)c3nc4ccccc4[nH]3)cc2)CC1. The van der Waals surface area contributed by atoms with Gasteiger partial charge in [0.25, 0.3) is 5.91 Å². The van der Waals surface area contributed by atoms with Crippen LogP contribution in [0.15, 0.2) is 60.9 Å². The van der Waals surface area contributed by atoms with Crippen LogP contribution in [-0.2, 0) is 4.79 Å². The van der Waals surface area contributed by atoms with Gasteiger partial charge in [-0.15, -0.1) is 0 Å². The molecule has 0 saturated carbocycles. The van der Waals surface area contributed by atoms with Gasteiger partial charge in [0.1, 0.15) is 11.4 Å². The molecule has 1 saturated heterocycles. The Hall–Kier alpha value is -4.14. The van der Waals surface area contributed by atoms with Crippen molar-refractivity contribution in [1.29, 1.82) is 0 Å². The van der Waals surface area contributed by atoms with E-state index >= 15 is 0 Å². The zero-order valence-corrected chi connectivity index (χ0v) is 19.1. The number of hydrogen-bond donors (Lipinski definition) is 1. The van der Waals surface area contributed by atoms with E-state index in [9.17, 15) is 14.0 Å². The molecule has 0 spiro atoms. The molecule has 1 aliphatic rings. The van der Waals surface area contributed by atoms with Gasteiger partial charge in [-0.2, -0.15) is 0 Å². The summed E-state index contributed by atoms with van der Waals surface area (Å²) in [6.07, 6.45) is 2.97. The van der Waals surface area contributed by atoms with E-state index in [2.05, 4.69) is 19.9 Å². The average Bonchev–Trinajstić information content (AvgIpc) is 3.33. The van der Waals surface area contributed by atoms with Crippen LogP contribution >= 0.6 is 0 Å². The third-order valence-electron chi connectivity index (χ3n) is 6.16. The summed E-state index contributed by atoms with van der Waals surface area (Å²) in [6, 6.07) is 14.3. The Morgan fingerprint density at radius 2 is 1.77 bits per heavy atom. The lowest BCUT2D eigenvalue weighted by atomic mass is 9.93. The second kappa shape index (κ2) is 9.61. The number of ketones is 1. The summed E-state index contributed by atoms with van der Waals surface area (Å²) in [5.41, 5.74) is 2.73. The number of amides is 1. The lowest BCUT2D eigenvalue weighted by Gasteiger charge is -2.32. The highest BCUT2D eigenvalue weighted by Gasteiger charge is 2.29. The van der Waals surface area contributed by atoms with Gasteiger partial charge in [0.2, 0.25) is 11.7 Å². The van der Waals surface area contributed by atoms with Gasteiger partial charge < -0.3 is 14.6 Å². The van der Waals surface area contributed by atoms with Crippen LogP contribution in [0.25, 0.3) is 11.0 Å². The molecule has 1 fully saturated rings. The van der Waals surface area contributed by atoms with Crippen LogP contribution in [0.5, 0.6) is 11.6 Å². The number of H-pyrrole nitrogens is 1. The van der Waals surface area contributed by atoms with Crippen LogP contribution in [0.3, 0.4) is 0 Å². The number of aromatic amines is 1. The lowest BCUT2D eigenvalue weighted by Crippen LogP contribution is -2.41. The molecule has 0 aliphatic carbocycles. The number of para-hydroxylation sites is 2. The second-order valence-corrected chi connectivity index (χ2v) is 8.52. The van der Waals surface area contributed by atoms with Crippen molar-refractivity contribution in [3.63, 3.8) is 0 Å². The van der Waals surface area contributed by atoms with Crippen LogP contribution in [0, 0.1) is 0 Å². The number of carbonyl (C=O) groups is 2. The number of nitrogens with zero attached hydrogens (tertiary/aromatic N) is 4. The van der Waals surface area contributed by atoms with Gasteiger partial charge in [-0.25, -0.2) is 14.4 Å². The third kappa shape index (κ3) is 4.75. The van der Waals surface area contributed by atoms with Gasteiger partial charge in [-0.3, -0.25) is 14.6 Å². The van der Waals surface area contributed by atoms with E-state index in [0.717, 1.165) is 11.0 Å². The normalized spacial score (nSPS) is 15.2. The third-order valence-corrected chi connectivity index (χ3v) is 6.16. The number of rotatable bonds is 6. The Bertz CT molecular complexity index is 1330. The lowest BCUT2D eigenvalue weighted by molar-refractivity contribution is -0.137. The molecule has 0 bridgehead atoms. The molecule has 2 aromatic carbocycles. The van der Waals surface area contributed by atoms with Crippen LogP contribution in [0.4, 0.5) is 4.39 Å². The number of carbonyl (C=O) groups excluding carboxylic acids is 2. The number of aromatic nitrogens is 4. The zero-order chi connectivity index (χ0) is 24.4. The fourth-order valence-corrected chi connectivity index (χ4v) is 4.30. The first-order valence-corrected chi connectivity index (χ1v) is 11.5. The Morgan fingerprint density at radius 1 is 1.06 bits per heavy atom. The number of ether oxygens (including phenoxy) is 1. The topological polar surface area (TPSA) is 101 Å². The fourth-order valence-electron chi connectivity index (χ4n) is 4.30. The standard InChI is InChI=1S/C26H24FN5O3/c1-16(27)26(34)32-14-10-17(11-15-32)22-25(29-13-12-28-22)35-19-8-6-18(7-9-19)23(33)24-30-20-4-2-3-5-21(20)31-24/h2-9,12-13,16-17H,10-11,14-15H2,1H3,(H,30,31)/t16-/m1/s1. The van der Waals surface area contributed by atoms with Crippen molar-refractivity contribution < 1.29 is 18.7 Å². The molecule has 9 heteroatoms. The van der Waals surface area contributed by atoms with E-state index in [-0.39, 0.29) is 17.5 Å². The summed E-state index contributed by atoms with van der Waals surface area (Å²) in [5, 5.41) is 0. The number of alkyl halides is 1. The molecular weight excluding hydrogens is 449 g/mol. The Balaban J connectivity index is 1.28. The molecule has 5 rings (SSSR count). The van der Waals surface area contributed by atoms with E-state index in [1.807, 2.05) is 24.3 Å². The quantitative estimate of drug-likeness (QED) is 0.416. The maximum absolute atomic E-state index is 13.4. The number of nitrogens with one attached hydrogen (secondary N) is 1. The Labute approximate surface area is 201 Å². The molecule has 35 heavy (non-hydrogen) atoms. The number of hydrogen-bond acceptors (Lipinski definition) is 6. The van der Waals surface area contributed by atoms with Crippen LogP contribution in [0.2, 0.25) is 0 Å². The summed E-state index contributed by atoms with van der Waals surface area (Å²) >= 11 is 0. The second-order valence-electron chi connectivity index (χ2n) is 8.52. The molecule has 1 amide bonds. The van der Waals surface area contributed by atoms with Crippen LogP contribution in [-0.4, -0.2) is 55.8 Å². The van der Waals surface area contributed by atoms with Gasteiger partial charge in [-0.1, -0.05) is 12.1 Å². The van der Waals surface area contributed by atoms with Gasteiger partial charge in [0, 0.05) is 37.0 Å². The van der Waals surface area contributed by atoms with Crippen LogP contribution in [0.1, 0.15) is 47.6 Å². The summed E-state index contributed by atoms with van der Waals surface area (Å²) in [4.78, 5) is 42.6. The minimum atomic E-state index is -1.50. The molecule has 2 aromatic heterocycles.